The number of carbonyl (C=O) groups is 2. The highest BCUT2D eigenvalue weighted by atomic mass is 35.5. The summed E-state index contributed by atoms with van der Waals surface area (Å²) >= 11 is 5.89. The molecule has 0 radical (unpaired) electrons. The van der Waals surface area contributed by atoms with E-state index in [1.807, 2.05) is 12.1 Å². The van der Waals surface area contributed by atoms with Gasteiger partial charge in [-0.2, -0.15) is 0 Å². The zero-order valence-electron chi connectivity index (χ0n) is 15.6. The molecule has 5 nitrogen and oxygen atoms in total. The second-order valence-corrected chi connectivity index (χ2v) is 7.97. The standard InChI is InChI=1S/C22H23ClN2O3/c23-17-10-8-16(9-11-17)20(26)14-22(28)18-6-2-3-7-19(18)25(21(22)27)15-24-12-4-1-5-13-24/h2-3,6-11,28H,1,4-5,12-15H2/t22-/m0/s1. The Labute approximate surface area is 169 Å². The molecule has 2 aliphatic heterocycles. The molecule has 4 rings (SSSR count). The highest BCUT2D eigenvalue weighted by Crippen LogP contribution is 2.43. The first kappa shape index (κ1) is 19.1. The minimum Gasteiger partial charge on any atom is -0.375 e. The van der Waals surface area contributed by atoms with E-state index in [4.69, 9.17) is 11.6 Å². The fourth-order valence-electron chi connectivity index (χ4n) is 4.09. The fraction of sp³-hybridized carbons (Fsp3) is 0.364. The van der Waals surface area contributed by atoms with Gasteiger partial charge >= 0.3 is 0 Å². The van der Waals surface area contributed by atoms with Gasteiger partial charge in [0.1, 0.15) is 0 Å². The number of amides is 1. The molecule has 0 aromatic heterocycles. The van der Waals surface area contributed by atoms with Gasteiger partial charge in [0.15, 0.2) is 11.4 Å². The number of piperidine rings is 1. The second kappa shape index (κ2) is 7.66. The van der Waals surface area contributed by atoms with Crippen LogP contribution in [0.5, 0.6) is 0 Å². The number of ketones is 1. The SMILES string of the molecule is O=C(C[C@@]1(O)C(=O)N(CN2CCCCC2)c2ccccc21)c1ccc(Cl)cc1. The number of para-hydroxylation sites is 1. The maximum atomic E-state index is 13.3. The summed E-state index contributed by atoms with van der Waals surface area (Å²) in [5.41, 5.74) is -0.232. The first-order valence-corrected chi connectivity index (χ1v) is 10.0. The molecular weight excluding hydrogens is 376 g/mol. The predicted molar refractivity (Wildman–Crippen MR) is 109 cm³/mol. The number of nitrogens with zero attached hydrogens (tertiary/aromatic N) is 2. The molecule has 0 bridgehead atoms. The van der Waals surface area contributed by atoms with Crippen molar-refractivity contribution in [2.45, 2.75) is 31.3 Å². The average Bonchev–Trinajstić information content (AvgIpc) is 2.91. The Morgan fingerprint density at radius 1 is 1.04 bits per heavy atom. The number of aliphatic hydroxyl groups is 1. The van der Waals surface area contributed by atoms with Crippen molar-refractivity contribution < 1.29 is 14.7 Å². The molecule has 146 valence electrons. The van der Waals surface area contributed by atoms with Crippen LogP contribution in [0.3, 0.4) is 0 Å². The number of rotatable bonds is 5. The van der Waals surface area contributed by atoms with Gasteiger partial charge in [0, 0.05) is 16.1 Å². The zero-order chi connectivity index (χ0) is 19.7. The van der Waals surface area contributed by atoms with Crippen LogP contribution in [0, 0.1) is 0 Å². The average molecular weight is 399 g/mol. The van der Waals surface area contributed by atoms with Crippen molar-refractivity contribution in [2.24, 2.45) is 0 Å². The molecule has 1 atom stereocenters. The quantitative estimate of drug-likeness (QED) is 0.782. The van der Waals surface area contributed by atoms with E-state index in [2.05, 4.69) is 4.90 Å². The molecule has 1 fully saturated rings. The molecule has 0 unspecified atom stereocenters. The number of carbonyl (C=O) groups excluding carboxylic acids is 2. The van der Waals surface area contributed by atoms with Crippen LogP contribution in [-0.4, -0.2) is 41.5 Å². The van der Waals surface area contributed by atoms with E-state index < -0.39 is 11.5 Å². The molecule has 2 heterocycles. The molecule has 6 heteroatoms. The van der Waals surface area contributed by atoms with Crippen LogP contribution in [0.15, 0.2) is 48.5 Å². The number of hydrogen-bond acceptors (Lipinski definition) is 4. The third-order valence-electron chi connectivity index (χ3n) is 5.61. The number of halogens is 1. The number of fused-ring (bicyclic) bond motifs is 1. The molecule has 1 N–H and O–H groups in total. The number of likely N-dealkylation sites (tertiary alicyclic amines) is 1. The third-order valence-corrected chi connectivity index (χ3v) is 5.86. The van der Waals surface area contributed by atoms with Gasteiger partial charge in [-0.1, -0.05) is 36.2 Å². The van der Waals surface area contributed by atoms with E-state index in [1.165, 1.54) is 6.42 Å². The molecule has 28 heavy (non-hydrogen) atoms. The highest BCUT2D eigenvalue weighted by molar-refractivity contribution is 6.30. The lowest BCUT2D eigenvalue weighted by molar-refractivity contribution is -0.136. The monoisotopic (exact) mass is 398 g/mol. The van der Waals surface area contributed by atoms with Gasteiger partial charge in [-0.15, -0.1) is 0 Å². The van der Waals surface area contributed by atoms with E-state index in [9.17, 15) is 14.7 Å². The maximum Gasteiger partial charge on any atom is 0.265 e. The maximum absolute atomic E-state index is 13.3. The van der Waals surface area contributed by atoms with Crippen LogP contribution in [0.4, 0.5) is 5.69 Å². The third kappa shape index (κ3) is 3.46. The Kier molecular flexibility index (Phi) is 5.23. The molecule has 0 saturated carbocycles. The van der Waals surface area contributed by atoms with Crippen molar-refractivity contribution in [1.82, 2.24) is 4.90 Å². The van der Waals surface area contributed by atoms with Gasteiger partial charge in [-0.3, -0.25) is 19.4 Å². The van der Waals surface area contributed by atoms with Crippen molar-refractivity contribution in [1.29, 1.82) is 0 Å². The van der Waals surface area contributed by atoms with Gasteiger partial charge in [0.05, 0.1) is 18.8 Å². The summed E-state index contributed by atoms with van der Waals surface area (Å²) in [6.45, 7) is 2.31. The van der Waals surface area contributed by atoms with E-state index in [-0.39, 0.29) is 12.2 Å². The molecule has 2 aromatic rings. The van der Waals surface area contributed by atoms with Crippen molar-refractivity contribution in [3.63, 3.8) is 0 Å². The first-order chi connectivity index (χ1) is 13.5. The zero-order valence-corrected chi connectivity index (χ0v) is 16.4. The van der Waals surface area contributed by atoms with Crippen LogP contribution < -0.4 is 4.90 Å². The second-order valence-electron chi connectivity index (χ2n) is 7.54. The van der Waals surface area contributed by atoms with Gasteiger partial charge in [0.2, 0.25) is 0 Å². The summed E-state index contributed by atoms with van der Waals surface area (Å²) in [4.78, 5) is 29.9. The molecule has 2 aromatic carbocycles. The summed E-state index contributed by atoms with van der Waals surface area (Å²) in [5.74, 6) is -0.719. The molecule has 0 spiro atoms. The van der Waals surface area contributed by atoms with Gasteiger partial charge < -0.3 is 5.11 Å². The van der Waals surface area contributed by atoms with Crippen LogP contribution in [0.1, 0.15) is 41.6 Å². The minimum atomic E-state index is -1.84. The Bertz CT molecular complexity index is 893. The molecule has 1 saturated heterocycles. The summed E-state index contributed by atoms with van der Waals surface area (Å²) in [7, 11) is 0. The Balaban J connectivity index is 1.61. The normalized spacial score (nSPS) is 22.4. The lowest BCUT2D eigenvalue weighted by Gasteiger charge is -2.31. The van der Waals surface area contributed by atoms with Crippen molar-refractivity contribution in [2.75, 3.05) is 24.7 Å². The van der Waals surface area contributed by atoms with Crippen LogP contribution in [-0.2, 0) is 10.4 Å². The minimum absolute atomic E-state index is 0.290. The highest BCUT2D eigenvalue weighted by Gasteiger charge is 2.51. The van der Waals surface area contributed by atoms with Crippen LogP contribution >= 0.6 is 11.6 Å². The van der Waals surface area contributed by atoms with Crippen molar-refractivity contribution in [3.8, 4) is 0 Å². The van der Waals surface area contributed by atoms with Gasteiger partial charge in [-0.05, 0) is 56.3 Å². The van der Waals surface area contributed by atoms with Crippen LogP contribution in [0.25, 0.3) is 0 Å². The van der Waals surface area contributed by atoms with E-state index in [0.717, 1.165) is 25.9 Å². The first-order valence-electron chi connectivity index (χ1n) is 9.64. The largest absolute Gasteiger partial charge is 0.375 e. The Hall–Kier alpha value is -2.21. The van der Waals surface area contributed by atoms with E-state index >= 15 is 0 Å². The summed E-state index contributed by atoms with van der Waals surface area (Å²) < 4.78 is 0. The Morgan fingerprint density at radius 2 is 1.71 bits per heavy atom. The topological polar surface area (TPSA) is 60.9 Å². The number of Topliss-reactive ketones (excluding diaryl/α,β-unsaturated/α-hetero) is 1. The molecule has 2 aliphatic rings. The number of anilines is 1. The Morgan fingerprint density at radius 3 is 2.43 bits per heavy atom. The lowest BCUT2D eigenvalue weighted by Crippen LogP contribution is -2.47. The van der Waals surface area contributed by atoms with Crippen LogP contribution in [0.2, 0.25) is 5.02 Å². The summed E-state index contributed by atoms with van der Waals surface area (Å²) in [5, 5.41) is 11.9. The van der Waals surface area contributed by atoms with Crippen molar-refractivity contribution in [3.05, 3.63) is 64.7 Å². The number of hydrogen-bond donors (Lipinski definition) is 1. The number of benzene rings is 2. The van der Waals surface area contributed by atoms with E-state index in [1.54, 1.807) is 41.3 Å². The van der Waals surface area contributed by atoms with E-state index in [0.29, 0.717) is 28.5 Å². The lowest BCUT2D eigenvalue weighted by atomic mass is 9.88. The molecule has 1 amide bonds. The fourth-order valence-corrected chi connectivity index (χ4v) is 4.21. The molecular formula is C22H23ClN2O3. The smallest absolute Gasteiger partial charge is 0.265 e. The molecule has 0 aliphatic carbocycles. The van der Waals surface area contributed by atoms with Gasteiger partial charge in [-0.25, -0.2) is 0 Å². The van der Waals surface area contributed by atoms with Gasteiger partial charge in [0.25, 0.3) is 5.91 Å². The predicted octanol–water partition coefficient (Wildman–Crippen LogP) is 3.59. The summed E-state index contributed by atoms with van der Waals surface area (Å²) in [6, 6.07) is 13.7. The summed E-state index contributed by atoms with van der Waals surface area (Å²) in [6.07, 6.45) is 3.15. The van der Waals surface area contributed by atoms with Crippen molar-refractivity contribution >= 4 is 29.0 Å².